The molecule has 1 aliphatic heterocycles. The smallest absolute Gasteiger partial charge is 0.337 e. The summed E-state index contributed by atoms with van der Waals surface area (Å²) < 4.78 is 10.6. The SMILES string of the molecule is COC(=O)c1ccc([C@H](C)NC(=O)C(C)(C)N2CCC(COc3cccc(Cl)c3)C2)cc1. The van der Waals surface area contributed by atoms with Crippen molar-refractivity contribution in [3.8, 4) is 5.75 Å². The first kappa shape index (κ1) is 24.1. The highest BCUT2D eigenvalue weighted by atomic mass is 35.5. The van der Waals surface area contributed by atoms with Gasteiger partial charge in [-0.05, 0) is 69.6 Å². The average molecular weight is 459 g/mol. The van der Waals surface area contributed by atoms with Crippen molar-refractivity contribution in [2.45, 2.75) is 38.8 Å². The molecule has 3 rings (SSSR count). The molecule has 1 N–H and O–H groups in total. The van der Waals surface area contributed by atoms with Gasteiger partial charge in [0.05, 0.1) is 30.9 Å². The first-order chi connectivity index (χ1) is 15.2. The molecule has 1 aliphatic rings. The minimum atomic E-state index is -0.648. The number of likely N-dealkylation sites (tertiary alicyclic amines) is 1. The van der Waals surface area contributed by atoms with Crippen molar-refractivity contribution in [2.24, 2.45) is 5.92 Å². The molecule has 0 bridgehead atoms. The largest absolute Gasteiger partial charge is 0.493 e. The lowest BCUT2D eigenvalue weighted by atomic mass is 9.99. The van der Waals surface area contributed by atoms with Crippen LogP contribution in [0, 0.1) is 5.92 Å². The minimum absolute atomic E-state index is 0.0292. The zero-order valence-corrected chi connectivity index (χ0v) is 19.8. The van der Waals surface area contributed by atoms with Crippen LogP contribution in [0.3, 0.4) is 0 Å². The molecular formula is C25H31ClN2O4. The van der Waals surface area contributed by atoms with E-state index in [1.165, 1.54) is 7.11 Å². The maximum atomic E-state index is 13.1. The molecule has 0 radical (unpaired) electrons. The summed E-state index contributed by atoms with van der Waals surface area (Å²) in [5, 5.41) is 3.77. The van der Waals surface area contributed by atoms with E-state index < -0.39 is 5.54 Å². The number of methoxy groups -OCH3 is 1. The summed E-state index contributed by atoms with van der Waals surface area (Å²) in [5.74, 6) is 0.708. The number of carbonyl (C=O) groups is 2. The van der Waals surface area contributed by atoms with Crippen molar-refractivity contribution >= 4 is 23.5 Å². The van der Waals surface area contributed by atoms with Gasteiger partial charge >= 0.3 is 5.97 Å². The Hall–Kier alpha value is -2.57. The monoisotopic (exact) mass is 458 g/mol. The van der Waals surface area contributed by atoms with E-state index in [-0.39, 0.29) is 17.9 Å². The predicted molar refractivity (Wildman–Crippen MR) is 125 cm³/mol. The molecule has 6 nitrogen and oxygen atoms in total. The Bertz CT molecular complexity index is 945. The molecule has 1 amide bonds. The van der Waals surface area contributed by atoms with Gasteiger partial charge in [-0.3, -0.25) is 9.69 Å². The molecule has 1 saturated heterocycles. The van der Waals surface area contributed by atoms with Crippen molar-refractivity contribution in [3.05, 3.63) is 64.7 Å². The van der Waals surface area contributed by atoms with Gasteiger partial charge in [0, 0.05) is 17.5 Å². The van der Waals surface area contributed by atoms with Gasteiger partial charge in [0.1, 0.15) is 5.75 Å². The standard InChI is InChI=1S/C25H31ClN2O4/c1-17(19-8-10-20(11-9-19)23(29)31-4)27-24(30)25(2,3)28-13-12-18(15-28)16-32-22-7-5-6-21(26)14-22/h5-11,14,17-18H,12-13,15-16H2,1-4H3,(H,27,30)/t17-,18?/m0/s1. The van der Waals surface area contributed by atoms with Gasteiger partial charge in [-0.25, -0.2) is 4.79 Å². The second-order valence-electron chi connectivity index (χ2n) is 8.74. The maximum Gasteiger partial charge on any atom is 0.337 e. The van der Waals surface area contributed by atoms with Crippen LogP contribution in [0.5, 0.6) is 5.75 Å². The summed E-state index contributed by atoms with van der Waals surface area (Å²) in [4.78, 5) is 26.9. The molecule has 0 spiro atoms. The van der Waals surface area contributed by atoms with Crippen molar-refractivity contribution in [1.82, 2.24) is 10.2 Å². The van der Waals surface area contributed by atoms with E-state index >= 15 is 0 Å². The summed E-state index contributed by atoms with van der Waals surface area (Å²) in [6, 6.07) is 14.3. The molecule has 172 valence electrons. The zero-order valence-electron chi connectivity index (χ0n) is 19.1. The lowest BCUT2D eigenvalue weighted by Gasteiger charge is -2.35. The third-order valence-electron chi connectivity index (χ3n) is 6.09. The van der Waals surface area contributed by atoms with Crippen LogP contribution in [0.1, 0.15) is 49.2 Å². The molecule has 0 aromatic heterocycles. The number of hydrogen-bond acceptors (Lipinski definition) is 5. The predicted octanol–water partition coefficient (Wildman–Crippen LogP) is 4.48. The fourth-order valence-electron chi connectivity index (χ4n) is 3.87. The highest BCUT2D eigenvalue weighted by Crippen LogP contribution is 2.27. The van der Waals surface area contributed by atoms with Crippen molar-refractivity contribution < 1.29 is 19.1 Å². The lowest BCUT2D eigenvalue weighted by molar-refractivity contribution is -0.131. The van der Waals surface area contributed by atoms with E-state index in [0.29, 0.717) is 23.1 Å². The number of halogens is 1. The molecule has 2 aromatic carbocycles. The van der Waals surface area contributed by atoms with Crippen LogP contribution in [0.25, 0.3) is 0 Å². The first-order valence-corrected chi connectivity index (χ1v) is 11.2. The summed E-state index contributed by atoms with van der Waals surface area (Å²) >= 11 is 6.02. The molecule has 0 aliphatic carbocycles. The number of amides is 1. The second-order valence-corrected chi connectivity index (χ2v) is 9.17. The van der Waals surface area contributed by atoms with Gasteiger partial charge in [0.15, 0.2) is 0 Å². The molecule has 2 aromatic rings. The lowest BCUT2D eigenvalue weighted by Crippen LogP contribution is -2.54. The maximum absolute atomic E-state index is 13.1. The average Bonchev–Trinajstić information content (AvgIpc) is 3.27. The molecule has 32 heavy (non-hydrogen) atoms. The molecule has 2 atom stereocenters. The van der Waals surface area contributed by atoms with Crippen molar-refractivity contribution in [1.29, 1.82) is 0 Å². The Morgan fingerprint density at radius 1 is 1.22 bits per heavy atom. The Morgan fingerprint density at radius 3 is 2.59 bits per heavy atom. The van der Waals surface area contributed by atoms with Gasteiger partial charge in [0.25, 0.3) is 0 Å². The summed E-state index contributed by atoms with van der Waals surface area (Å²) in [6.07, 6.45) is 0.974. The molecule has 1 unspecified atom stereocenters. The third kappa shape index (κ3) is 5.81. The molecule has 1 heterocycles. The van der Waals surface area contributed by atoms with E-state index in [2.05, 4.69) is 10.2 Å². The van der Waals surface area contributed by atoms with Crippen molar-refractivity contribution in [3.63, 3.8) is 0 Å². The van der Waals surface area contributed by atoms with E-state index in [4.69, 9.17) is 21.1 Å². The first-order valence-electron chi connectivity index (χ1n) is 10.8. The number of nitrogens with zero attached hydrogens (tertiary/aromatic N) is 1. The fourth-order valence-corrected chi connectivity index (χ4v) is 4.05. The van der Waals surface area contributed by atoms with Crippen LogP contribution in [0.15, 0.2) is 48.5 Å². The fraction of sp³-hybridized carbons (Fsp3) is 0.440. The Labute approximate surface area is 194 Å². The number of ether oxygens (including phenoxy) is 2. The van der Waals surface area contributed by atoms with Crippen LogP contribution >= 0.6 is 11.6 Å². The van der Waals surface area contributed by atoms with E-state index in [1.807, 2.05) is 57.2 Å². The van der Waals surface area contributed by atoms with Crippen LogP contribution < -0.4 is 10.1 Å². The summed E-state index contributed by atoms with van der Waals surface area (Å²) in [5.41, 5.74) is 0.764. The zero-order chi connectivity index (χ0) is 23.3. The van der Waals surface area contributed by atoms with Crippen molar-refractivity contribution in [2.75, 3.05) is 26.8 Å². The number of carbonyl (C=O) groups excluding carboxylic acids is 2. The number of benzene rings is 2. The second kappa shape index (κ2) is 10.4. The van der Waals surface area contributed by atoms with Crippen LogP contribution in [-0.4, -0.2) is 49.1 Å². The molecular weight excluding hydrogens is 428 g/mol. The third-order valence-corrected chi connectivity index (χ3v) is 6.33. The Morgan fingerprint density at radius 2 is 1.94 bits per heavy atom. The molecule has 0 saturated carbocycles. The van der Waals surface area contributed by atoms with Crippen LogP contribution in [-0.2, 0) is 9.53 Å². The van der Waals surface area contributed by atoms with E-state index in [1.54, 1.807) is 12.1 Å². The number of esters is 1. The van der Waals surface area contributed by atoms with Crippen LogP contribution in [0.2, 0.25) is 5.02 Å². The summed E-state index contributed by atoms with van der Waals surface area (Å²) in [7, 11) is 1.35. The Balaban J connectivity index is 1.53. The molecule has 1 fully saturated rings. The minimum Gasteiger partial charge on any atom is -0.493 e. The quantitative estimate of drug-likeness (QED) is 0.590. The van der Waals surface area contributed by atoms with E-state index in [0.717, 1.165) is 30.8 Å². The highest BCUT2D eigenvalue weighted by Gasteiger charge is 2.39. The van der Waals surface area contributed by atoms with E-state index in [9.17, 15) is 9.59 Å². The van der Waals surface area contributed by atoms with Gasteiger partial charge in [-0.15, -0.1) is 0 Å². The number of nitrogens with one attached hydrogen (secondary N) is 1. The van der Waals surface area contributed by atoms with Gasteiger partial charge in [-0.1, -0.05) is 29.8 Å². The van der Waals surface area contributed by atoms with Gasteiger partial charge in [0.2, 0.25) is 5.91 Å². The molecule has 7 heteroatoms. The topological polar surface area (TPSA) is 67.9 Å². The number of hydrogen-bond donors (Lipinski definition) is 1. The van der Waals surface area contributed by atoms with Gasteiger partial charge in [-0.2, -0.15) is 0 Å². The number of rotatable bonds is 8. The normalized spacial score (nSPS) is 17.6. The van der Waals surface area contributed by atoms with Crippen LogP contribution in [0.4, 0.5) is 0 Å². The Kier molecular flexibility index (Phi) is 7.80. The van der Waals surface area contributed by atoms with Gasteiger partial charge < -0.3 is 14.8 Å². The highest BCUT2D eigenvalue weighted by molar-refractivity contribution is 6.30. The summed E-state index contributed by atoms with van der Waals surface area (Å²) in [6.45, 7) is 8.07.